The van der Waals surface area contributed by atoms with E-state index in [1.807, 2.05) is 36.4 Å². The summed E-state index contributed by atoms with van der Waals surface area (Å²) in [5.41, 5.74) is 2.18. The van der Waals surface area contributed by atoms with Crippen molar-refractivity contribution in [2.75, 3.05) is 14.2 Å². The van der Waals surface area contributed by atoms with Gasteiger partial charge in [-0.3, -0.25) is 0 Å². The quantitative estimate of drug-likeness (QED) is 0.529. The highest BCUT2D eigenvalue weighted by Crippen LogP contribution is 2.46. The summed E-state index contributed by atoms with van der Waals surface area (Å²) in [6.07, 6.45) is 0. The molecule has 0 heterocycles. The number of hydrogen-bond donors (Lipinski definition) is 1. The molecule has 23 heavy (non-hydrogen) atoms. The second kappa shape index (κ2) is 6.30. The van der Waals surface area contributed by atoms with E-state index in [-0.39, 0.29) is 0 Å². The highest BCUT2D eigenvalue weighted by atomic mass is 32.1. The van der Waals surface area contributed by atoms with Gasteiger partial charge in [-0.15, -0.1) is 17.5 Å². The Morgan fingerprint density at radius 2 is 1.70 bits per heavy atom. The average Bonchev–Trinajstić information content (AvgIpc) is 2.60. The third-order valence-corrected chi connectivity index (χ3v) is 4.06. The van der Waals surface area contributed by atoms with Crippen LogP contribution in [0.1, 0.15) is 0 Å². The molecule has 0 atom stereocenters. The predicted molar refractivity (Wildman–Crippen MR) is 95.2 cm³/mol. The SMILES string of the molecule is COc1cc2c(N=O)cccc2c(-c2ccc(S)cc2)c1OC. The molecule has 0 N–H and O–H groups in total. The second-order valence-electron chi connectivity index (χ2n) is 5.00. The highest BCUT2D eigenvalue weighted by molar-refractivity contribution is 7.80. The summed E-state index contributed by atoms with van der Waals surface area (Å²) < 4.78 is 11.0. The summed E-state index contributed by atoms with van der Waals surface area (Å²) in [5, 5.41) is 4.73. The van der Waals surface area contributed by atoms with Gasteiger partial charge in [0, 0.05) is 15.8 Å². The molecule has 0 bridgehead atoms. The van der Waals surface area contributed by atoms with Gasteiger partial charge in [-0.25, -0.2) is 0 Å². The van der Waals surface area contributed by atoms with Crippen LogP contribution in [0.4, 0.5) is 5.69 Å². The molecule has 3 rings (SSSR count). The third kappa shape index (κ3) is 2.64. The van der Waals surface area contributed by atoms with Crippen molar-refractivity contribution in [3.8, 4) is 22.6 Å². The van der Waals surface area contributed by atoms with Crippen LogP contribution in [0.5, 0.6) is 11.5 Å². The van der Waals surface area contributed by atoms with E-state index in [2.05, 4.69) is 17.8 Å². The first kappa shape index (κ1) is 15.4. The van der Waals surface area contributed by atoms with Crippen LogP contribution in [0.25, 0.3) is 21.9 Å². The lowest BCUT2D eigenvalue weighted by atomic mass is 9.95. The van der Waals surface area contributed by atoms with Gasteiger partial charge in [-0.2, -0.15) is 0 Å². The molecule has 0 amide bonds. The van der Waals surface area contributed by atoms with Gasteiger partial charge in [0.25, 0.3) is 0 Å². The zero-order valence-corrected chi connectivity index (χ0v) is 13.6. The van der Waals surface area contributed by atoms with Crippen molar-refractivity contribution < 1.29 is 9.47 Å². The lowest BCUT2D eigenvalue weighted by molar-refractivity contribution is 0.357. The number of methoxy groups -OCH3 is 2. The summed E-state index contributed by atoms with van der Waals surface area (Å²) in [4.78, 5) is 12.0. The smallest absolute Gasteiger partial charge is 0.169 e. The van der Waals surface area contributed by atoms with Crippen LogP contribution in [0.2, 0.25) is 0 Å². The topological polar surface area (TPSA) is 47.9 Å². The van der Waals surface area contributed by atoms with Crippen molar-refractivity contribution in [2.45, 2.75) is 4.90 Å². The normalized spacial score (nSPS) is 10.6. The van der Waals surface area contributed by atoms with Crippen molar-refractivity contribution in [3.05, 3.63) is 53.4 Å². The predicted octanol–water partition coefficient (Wildman–Crippen LogP) is 5.21. The highest BCUT2D eigenvalue weighted by Gasteiger charge is 2.18. The molecule has 0 saturated heterocycles. The fourth-order valence-electron chi connectivity index (χ4n) is 2.71. The van der Waals surface area contributed by atoms with Crippen LogP contribution in [-0.4, -0.2) is 14.2 Å². The Morgan fingerprint density at radius 3 is 2.30 bits per heavy atom. The first-order chi connectivity index (χ1) is 11.2. The van der Waals surface area contributed by atoms with Crippen LogP contribution < -0.4 is 9.47 Å². The number of nitrogens with zero attached hydrogens (tertiary/aromatic N) is 1. The van der Waals surface area contributed by atoms with Crippen molar-refractivity contribution in [1.82, 2.24) is 0 Å². The molecule has 4 nitrogen and oxygen atoms in total. The minimum atomic E-state index is 0.371. The zero-order valence-electron chi connectivity index (χ0n) is 12.7. The summed E-state index contributed by atoms with van der Waals surface area (Å²) in [7, 11) is 3.17. The van der Waals surface area contributed by atoms with Crippen LogP contribution in [0.3, 0.4) is 0 Å². The fourth-order valence-corrected chi connectivity index (χ4v) is 2.86. The largest absolute Gasteiger partial charge is 0.493 e. The van der Waals surface area contributed by atoms with Crippen molar-refractivity contribution in [2.24, 2.45) is 5.18 Å². The van der Waals surface area contributed by atoms with Crippen LogP contribution >= 0.6 is 12.6 Å². The number of rotatable bonds is 4. The first-order valence-corrected chi connectivity index (χ1v) is 7.44. The van der Waals surface area contributed by atoms with Gasteiger partial charge in [0.15, 0.2) is 11.5 Å². The monoisotopic (exact) mass is 325 g/mol. The van der Waals surface area contributed by atoms with Gasteiger partial charge < -0.3 is 9.47 Å². The minimum Gasteiger partial charge on any atom is -0.493 e. The van der Waals surface area contributed by atoms with Gasteiger partial charge in [0.05, 0.1) is 14.2 Å². The average molecular weight is 325 g/mol. The zero-order chi connectivity index (χ0) is 16.4. The van der Waals surface area contributed by atoms with E-state index in [1.54, 1.807) is 26.4 Å². The van der Waals surface area contributed by atoms with Crippen molar-refractivity contribution in [1.29, 1.82) is 0 Å². The molecule has 0 aliphatic carbocycles. The third-order valence-electron chi connectivity index (χ3n) is 3.76. The molecule has 0 saturated carbocycles. The number of hydrogen-bond acceptors (Lipinski definition) is 5. The van der Waals surface area contributed by atoms with Gasteiger partial charge in [-0.1, -0.05) is 24.3 Å². The Labute approximate surface area is 139 Å². The number of nitroso groups, excluding NO2 is 1. The van der Waals surface area contributed by atoms with E-state index >= 15 is 0 Å². The molecule has 0 radical (unpaired) electrons. The second-order valence-corrected chi connectivity index (χ2v) is 5.51. The standard InChI is InChI=1S/C18H15NO3S/c1-21-16-10-14-13(4-3-5-15(14)19-20)17(18(16)22-2)11-6-8-12(23)9-7-11/h3-10,23H,1-2H3. The molecular weight excluding hydrogens is 310 g/mol. The molecule has 0 fully saturated rings. The fraction of sp³-hybridized carbons (Fsp3) is 0.111. The molecule has 0 unspecified atom stereocenters. The lowest BCUT2D eigenvalue weighted by Crippen LogP contribution is -1.95. The maximum Gasteiger partial charge on any atom is 0.169 e. The van der Waals surface area contributed by atoms with Gasteiger partial charge in [0.1, 0.15) is 5.69 Å². The maximum atomic E-state index is 11.1. The molecule has 3 aromatic rings. The minimum absolute atomic E-state index is 0.371. The van der Waals surface area contributed by atoms with Crippen molar-refractivity contribution in [3.63, 3.8) is 0 Å². The molecule has 116 valence electrons. The Balaban J connectivity index is 2.45. The first-order valence-electron chi connectivity index (χ1n) is 7.00. The summed E-state index contributed by atoms with van der Waals surface area (Å²) in [6.45, 7) is 0. The summed E-state index contributed by atoms with van der Waals surface area (Å²) in [6, 6.07) is 14.9. The van der Waals surface area contributed by atoms with E-state index in [0.717, 1.165) is 26.8 Å². The number of thiol groups is 1. The Kier molecular flexibility index (Phi) is 4.21. The molecular formula is C18H15NO3S. The van der Waals surface area contributed by atoms with Gasteiger partial charge in [0.2, 0.25) is 0 Å². The van der Waals surface area contributed by atoms with E-state index in [4.69, 9.17) is 9.47 Å². The number of ether oxygens (including phenoxy) is 2. The number of benzene rings is 3. The maximum absolute atomic E-state index is 11.1. The Hall–Kier alpha value is -2.53. The molecule has 0 aliphatic heterocycles. The Bertz CT molecular complexity index is 876. The van der Waals surface area contributed by atoms with Gasteiger partial charge >= 0.3 is 0 Å². The molecule has 0 spiro atoms. The van der Waals surface area contributed by atoms with Crippen LogP contribution in [-0.2, 0) is 0 Å². The van der Waals surface area contributed by atoms with Gasteiger partial charge in [-0.05, 0) is 40.4 Å². The van der Waals surface area contributed by atoms with Crippen molar-refractivity contribution >= 4 is 29.1 Å². The van der Waals surface area contributed by atoms with E-state index in [0.29, 0.717) is 17.2 Å². The molecule has 3 aromatic carbocycles. The summed E-state index contributed by atoms with van der Waals surface area (Å²) in [5.74, 6) is 1.18. The van der Waals surface area contributed by atoms with E-state index in [9.17, 15) is 4.91 Å². The lowest BCUT2D eigenvalue weighted by Gasteiger charge is -2.16. The molecule has 0 aliphatic rings. The van der Waals surface area contributed by atoms with Crippen LogP contribution in [0.15, 0.2) is 58.6 Å². The van der Waals surface area contributed by atoms with E-state index in [1.165, 1.54) is 0 Å². The summed E-state index contributed by atoms with van der Waals surface area (Å²) >= 11 is 4.32. The Morgan fingerprint density at radius 1 is 0.957 bits per heavy atom. The van der Waals surface area contributed by atoms with E-state index < -0.39 is 0 Å². The van der Waals surface area contributed by atoms with Crippen LogP contribution in [0, 0.1) is 4.91 Å². The number of fused-ring (bicyclic) bond motifs is 1. The molecule has 0 aromatic heterocycles. The molecule has 5 heteroatoms.